The Bertz CT molecular complexity index is 1060. The number of nitro groups is 1. The number of anilines is 2. The summed E-state index contributed by atoms with van der Waals surface area (Å²) in [7, 11) is 0. The summed E-state index contributed by atoms with van der Waals surface area (Å²) >= 11 is 0. The molecule has 10 nitrogen and oxygen atoms in total. The molecule has 1 N–H and O–H groups in total. The number of amides is 1. The molecule has 1 saturated heterocycles. The maximum absolute atomic E-state index is 13.5. The maximum atomic E-state index is 13.5. The summed E-state index contributed by atoms with van der Waals surface area (Å²) in [5.74, 6) is -0.315. The molecule has 4 rings (SSSR count). The molecule has 1 aliphatic heterocycles. The van der Waals surface area contributed by atoms with Crippen molar-refractivity contribution >= 4 is 23.1 Å². The van der Waals surface area contributed by atoms with Crippen molar-refractivity contribution in [3.05, 3.63) is 64.7 Å². The molecule has 1 aromatic carbocycles. The highest BCUT2D eigenvalue weighted by atomic mass is 19.1. The minimum atomic E-state index is -0.945. The predicted molar refractivity (Wildman–Crippen MR) is 106 cm³/mol. The van der Waals surface area contributed by atoms with Crippen LogP contribution in [0.3, 0.4) is 0 Å². The number of rotatable bonds is 5. The summed E-state index contributed by atoms with van der Waals surface area (Å²) in [4.78, 5) is 24.7. The predicted octanol–water partition coefficient (Wildman–Crippen LogP) is 2.56. The lowest BCUT2D eigenvalue weighted by Gasteiger charge is -2.32. The highest BCUT2D eigenvalue weighted by Crippen LogP contribution is 2.25. The summed E-state index contributed by atoms with van der Waals surface area (Å²) in [5.41, 5.74) is -0.487. The van der Waals surface area contributed by atoms with Crippen molar-refractivity contribution in [2.75, 3.05) is 23.3 Å². The first-order chi connectivity index (χ1) is 14.5. The van der Waals surface area contributed by atoms with Crippen molar-refractivity contribution in [1.29, 1.82) is 0 Å². The Balaban J connectivity index is 1.43. The average Bonchev–Trinajstić information content (AvgIpc) is 3.30. The minimum absolute atomic E-state index is 0.189. The fourth-order valence-corrected chi connectivity index (χ4v) is 3.39. The van der Waals surface area contributed by atoms with Gasteiger partial charge in [-0.1, -0.05) is 0 Å². The molecule has 2 aromatic heterocycles. The van der Waals surface area contributed by atoms with Crippen molar-refractivity contribution in [2.45, 2.75) is 12.8 Å². The lowest BCUT2D eigenvalue weighted by Crippen LogP contribution is -2.41. The van der Waals surface area contributed by atoms with Gasteiger partial charge in [-0.2, -0.15) is 9.49 Å². The molecule has 1 amide bonds. The van der Waals surface area contributed by atoms with Crippen LogP contribution in [-0.2, 0) is 4.79 Å². The van der Waals surface area contributed by atoms with Gasteiger partial charge in [-0.15, -0.1) is 10.2 Å². The van der Waals surface area contributed by atoms with Crippen LogP contribution >= 0.6 is 0 Å². The monoisotopic (exact) mass is 411 g/mol. The zero-order valence-corrected chi connectivity index (χ0v) is 15.8. The summed E-state index contributed by atoms with van der Waals surface area (Å²) in [6, 6.07) is 8.72. The molecule has 0 aliphatic carbocycles. The van der Waals surface area contributed by atoms with Gasteiger partial charge in [0, 0.05) is 37.2 Å². The Kier molecular flexibility index (Phi) is 5.33. The number of piperidine rings is 1. The van der Waals surface area contributed by atoms with E-state index in [-0.39, 0.29) is 17.5 Å². The average molecular weight is 411 g/mol. The van der Waals surface area contributed by atoms with Crippen molar-refractivity contribution in [3.8, 4) is 5.82 Å². The van der Waals surface area contributed by atoms with Gasteiger partial charge in [0.1, 0.15) is 0 Å². The third-order valence-corrected chi connectivity index (χ3v) is 4.90. The van der Waals surface area contributed by atoms with Gasteiger partial charge in [0.2, 0.25) is 11.7 Å². The Morgan fingerprint density at radius 3 is 2.73 bits per heavy atom. The van der Waals surface area contributed by atoms with Crippen LogP contribution in [0.25, 0.3) is 5.82 Å². The first-order valence-electron chi connectivity index (χ1n) is 9.35. The van der Waals surface area contributed by atoms with E-state index in [1.54, 1.807) is 29.2 Å². The molecule has 1 aliphatic rings. The van der Waals surface area contributed by atoms with E-state index in [4.69, 9.17) is 0 Å². The number of nitrogens with zero attached hydrogens (tertiary/aromatic N) is 6. The topological polar surface area (TPSA) is 119 Å². The molecule has 3 aromatic rings. The Hall–Kier alpha value is -3.89. The second-order valence-electron chi connectivity index (χ2n) is 6.90. The molecule has 0 unspecified atom stereocenters. The van der Waals surface area contributed by atoms with Crippen LogP contribution in [0.4, 0.5) is 21.6 Å². The smallest absolute Gasteiger partial charge is 0.306 e. The van der Waals surface area contributed by atoms with Gasteiger partial charge < -0.3 is 10.2 Å². The molecule has 0 saturated carbocycles. The summed E-state index contributed by atoms with van der Waals surface area (Å²) in [6.45, 7) is 1.17. The number of hydrogen-bond donors (Lipinski definition) is 1. The number of nitrogens with one attached hydrogen (secondary N) is 1. The third kappa shape index (κ3) is 4.09. The lowest BCUT2D eigenvalue weighted by atomic mass is 9.97. The second kappa shape index (κ2) is 8.23. The van der Waals surface area contributed by atoms with Crippen LogP contribution in [0.5, 0.6) is 0 Å². The molecule has 1 atom stereocenters. The van der Waals surface area contributed by atoms with E-state index >= 15 is 0 Å². The number of aromatic nitrogens is 4. The molecule has 11 heteroatoms. The van der Waals surface area contributed by atoms with Gasteiger partial charge in [-0.3, -0.25) is 14.9 Å². The van der Waals surface area contributed by atoms with Crippen molar-refractivity contribution < 1.29 is 14.1 Å². The van der Waals surface area contributed by atoms with E-state index in [2.05, 4.69) is 20.6 Å². The molecular weight excluding hydrogens is 393 g/mol. The largest absolute Gasteiger partial charge is 0.354 e. The van der Waals surface area contributed by atoms with Gasteiger partial charge in [-0.05, 0) is 43.2 Å². The second-order valence-corrected chi connectivity index (χ2v) is 6.90. The van der Waals surface area contributed by atoms with Crippen LogP contribution in [-0.4, -0.2) is 43.9 Å². The van der Waals surface area contributed by atoms with Gasteiger partial charge in [0.25, 0.3) is 0 Å². The number of benzene rings is 1. The first kappa shape index (κ1) is 19.4. The SMILES string of the molecule is O=C(Nc1ccc(F)c([N+](=O)[O-])c1)[C@H]1CCCN(c2ccc(-n3cccn3)nn2)C1. The van der Waals surface area contributed by atoms with Crippen molar-refractivity contribution in [1.82, 2.24) is 20.0 Å². The molecule has 1 fully saturated rings. The zero-order valence-electron chi connectivity index (χ0n) is 15.8. The van der Waals surface area contributed by atoms with E-state index in [1.807, 2.05) is 11.0 Å². The number of carbonyl (C=O) groups excluding carboxylic acids is 1. The zero-order chi connectivity index (χ0) is 21.1. The Morgan fingerprint density at radius 2 is 2.03 bits per heavy atom. The number of halogens is 1. The molecule has 154 valence electrons. The van der Waals surface area contributed by atoms with Crippen LogP contribution in [0.2, 0.25) is 0 Å². The number of hydrogen-bond acceptors (Lipinski definition) is 7. The molecule has 30 heavy (non-hydrogen) atoms. The normalized spacial score (nSPS) is 16.3. The van der Waals surface area contributed by atoms with Gasteiger partial charge >= 0.3 is 5.69 Å². The minimum Gasteiger partial charge on any atom is -0.354 e. The van der Waals surface area contributed by atoms with Gasteiger partial charge in [0.15, 0.2) is 11.6 Å². The summed E-state index contributed by atoms with van der Waals surface area (Å²) in [5, 5.41) is 26.1. The fourth-order valence-electron chi connectivity index (χ4n) is 3.39. The summed E-state index contributed by atoms with van der Waals surface area (Å²) < 4.78 is 15.1. The number of nitro benzene ring substituents is 1. The van der Waals surface area contributed by atoms with Crippen molar-refractivity contribution in [3.63, 3.8) is 0 Å². The fraction of sp³-hybridized carbons (Fsp3) is 0.263. The molecule has 3 heterocycles. The summed E-state index contributed by atoms with van der Waals surface area (Å²) in [6.07, 6.45) is 4.87. The van der Waals surface area contributed by atoms with E-state index < -0.39 is 16.4 Å². The van der Waals surface area contributed by atoms with E-state index in [0.717, 1.165) is 25.1 Å². The van der Waals surface area contributed by atoms with E-state index in [0.29, 0.717) is 24.6 Å². The highest BCUT2D eigenvalue weighted by molar-refractivity contribution is 5.93. The molecule has 0 radical (unpaired) electrons. The Labute approximate surface area is 170 Å². The van der Waals surface area contributed by atoms with Gasteiger partial charge in [0.05, 0.1) is 10.8 Å². The van der Waals surface area contributed by atoms with E-state index in [9.17, 15) is 19.3 Å². The standard InChI is InChI=1S/C19H18FN7O3/c20-15-5-4-14(11-16(15)27(29)30)22-19(28)13-3-1-9-25(12-13)17-6-7-18(24-23-17)26-10-2-8-21-26/h2,4-8,10-11,13H,1,3,9,12H2,(H,22,28)/t13-/m0/s1. The highest BCUT2D eigenvalue weighted by Gasteiger charge is 2.27. The van der Waals surface area contributed by atoms with E-state index in [1.165, 1.54) is 6.07 Å². The van der Waals surface area contributed by atoms with Crippen LogP contribution in [0, 0.1) is 21.8 Å². The first-order valence-corrected chi connectivity index (χ1v) is 9.35. The molecular formula is C19H18FN7O3. The number of carbonyl (C=O) groups is 1. The molecule has 0 spiro atoms. The maximum Gasteiger partial charge on any atom is 0.306 e. The lowest BCUT2D eigenvalue weighted by molar-refractivity contribution is -0.387. The quantitative estimate of drug-likeness (QED) is 0.506. The Morgan fingerprint density at radius 1 is 1.23 bits per heavy atom. The van der Waals surface area contributed by atoms with Crippen LogP contribution < -0.4 is 10.2 Å². The van der Waals surface area contributed by atoms with Crippen LogP contribution in [0.1, 0.15) is 12.8 Å². The van der Waals surface area contributed by atoms with Gasteiger partial charge in [-0.25, -0.2) is 4.68 Å². The van der Waals surface area contributed by atoms with Crippen LogP contribution in [0.15, 0.2) is 48.8 Å². The molecule has 0 bridgehead atoms. The van der Waals surface area contributed by atoms with Crippen molar-refractivity contribution in [2.24, 2.45) is 5.92 Å². The third-order valence-electron chi connectivity index (χ3n) is 4.90.